The number of aliphatic hydroxyl groups is 1. The highest BCUT2D eigenvalue weighted by molar-refractivity contribution is 5.89. The number of ether oxygens (including phenoxy) is 1. The van der Waals surface area contributed by atoms with Crippen LogP contribution in [0.25, 0.3) is 0 Å². The molecule has 1 unspecified atom stereocenters. The highest BCUT2D eigenvalue weighted by Crippen LogP contribution is 2.40. The first-order valence-corrected chi connectivity index (χ1v) is 4.45. The zero-order valence-electron chi connectivity index (χ0n) is 8.10. The van der Waals surface area contributed by atoms with Crippen LogP contribution in [-0.2, 0) is 9.53 Å². The van der Waals surface area contributed by atoms with Gasteiger partial charge in [0.2, 0.25) is 0 Å². The number of hydrogen-bond acceptors (Lipinski definition) is 3. The van der Waals surface area contributed by atoms with Gasteiger partial charge in [0, 0.05) is 6.42 Å². The van der Waals surface area contributed by atoms with Crippen LogP contribution >= 0.6 is 0 Å². The lowest BCUT2D eigenvalue weighted by atomic mass is 9.86. The van der Waals surface area contributed by atoms with E-state index in [1.165, 1.54) is 0 Å². The minimum Gasteiger partial charge on any atom is -0.512 e. The van der Waals surface area contributed by atoms with Crippen molar-refractivity contribution in [2.45, 2.75) is 25.4 Å². The molecule has 0 aromatic rings. The number of halogens is 3. The fraction of sp³-hybridized carbons (Fsp3) is 0.667. The molecular weight excluding hydrogens is 213 g/mol. The average molecular weight is 224 g/mol. The SMILES string of the molecule is COC(=O)C1=C(O)CCCC1C(F)(F)F. The number of allylic oxidation sites excluding steroid dienone is 1. The fourth-order valence-corrected chi connectivity index (χ4v) is 1.65. The number of methoxy groups -OCH3 is 1. The molecule has 1 aliphatic rings. The molecule has 0 bridgehead atoms. The molecule has 15 heavy (non-hydrogen) atoms. The number of alkyl halides is 3. The van der Waals surface area contributed by atoms with Gasteiger partial charge in [-0.15, -0.1) is 0 Å². The highest BCUT2D eigenvalue weighted by Gasteiger charge is 2.47. The molecular formula is C9H11F3O3. The van der Waals surface area contributed by atoms with Crippen LogP contribution in [0.15, 0.2) is 11.3 Å². The lowest BCUT2D eigenvalue weighted by Crippen LogP contribution is -2.32. The molecule has 0 saturated heterocycles. The van der Waals surface area contributed by atoms with E-state index in [1.54, 1.807) is 0 Å². The third-order valence-electron chi connectivity index (χ3n) is 2.37. The van der Waals surface area contributed by atoms with Gasteiger partial charge in [-0.1, -0.05) is 0 Å². The Morgan fingerprint density at radius 1 is 1.53 bits per heavy atom. The van der Waals surface area contributed by atoms with Crippen molar-refractivity contribution < 1.29 is 27.8 Å². The molecule has 86 valence electrons. The van der Waals surface area contributed by atoms with Crippen LogP contribution in [0.1, 0.15) is 19.3 Å². The number of esters is 1. The molecule has 0 aromatic heterocycles. The van der Waals surface area contributed by atoms with E-state index in [4.69, 9.17) is 0 Å². The van der Waals surface area contributed by atoms with Gasteiger partial charge in [0.15, 0.2) is 0 Å². The molecule has 0 fully saturated rings. The minimum atomic E-state index is -4.52. The molecule has 3 nitrogen and oxygen atoms in total. The molecule has 0 aliphatic heterocycles. The molecule has 0 aromatic carbocycles. The third kappa shape index (κ3) is 2.43. The maximum absolute atomic E-state index is 12.5. The normalized spacial score (nSPS) is 22.8. The Kier molecular flexibility index (Phi) is 3.26. The van der Waals surface area contributed by atoms with Gasteiger partial charge in [-0.25, -0.2) is 4.79 Å². The zero-order chi connectivity index (χ0) is 11.6. The maximum Gasteiger partial charge on any atom is 0.396 e. The summed E-state index contributed by atoms with van der Waals surface area (Å²) < 4.78 is 41.8. The first-order chi connectivity index (χ1) is 6.88. The molecule has 1 rings (SSSR count). The number of hydrogen-bond donors (Lipinski definition) is 1. The minimum absolute atomic E-state index is 0.0943. The van der Waals surface area contributed by atoms with Crippen LogP contribution in [0.5, 0.6) is 0 Å². The smallest absolute Gasteiger partial charge is 0.396 e. The maximum atomic E-state index is 12.5. The monoisotopic (exact) mass is 224 g/mol. The van der Waals surface area contributed by atoms with E-state index in [9.17, 15) is 23.1 Å². The van der Waals surface area contributed by atoms with E-state index in [0.717, 1.165) is 7.11 Å². The van der Waals surface area contributed by atoms with Crippen molar-refractivity contribution in [3.63, 3.8) is 0 Å². The summed E-state index contributed by atoms with van der Waals surface area (Å²) in [5.74, 6) is -3.51. The highest BCUT2D eigenvalue weighted by atomic mass is 19.4. The van der Waals surface area contributed by atoms with Gasteiger partial charge in [0.25, 0.3) is 0 Å². The van der Waals surface area contributed by atoms with Gasteiger partial charge < -0.3 is 9.84 Å². The van der Waals surface area contributed by atoms with Gasteiger partial charge in [-0.3, -0.25) is 0 Å². The van der Waals surface area contributed by atoms with Crippen molar-refractivity contribution in [1.29, 1.82) is 0 Å². The van der Waals surface area contributed by atoms with Gasteiger partial charge in [0.1, 0.15) is 5.76 Å². The molecule has 0 heterocycles. The summed E-state index contributed by atoms with van der Waals surface area (Å²) in [7, 11) is 0.991. The van der Waals surface area contributed by atoms with Gasteiger partial charge in [-0.2, -0.15) is 13.2 Å². The Labute approximate surface area is 84.5 Å². The predicted molar refractivity (Wildman–Crippen MR) is 45.1 cm³/mol. The first-order valence-electron chi connectivity index (χ1n) is 4.45. The lowest BCUT2D eigenvalue weighted by molar-refractivity contribution is -0.174. The largest absolute Gasteiger partial charge is 0.512 e. The summed E-state index contributed by atoms with van der Waals surface area (Å²) in [5, 5.41) is 9.28. The van der Waals surface area contributed by atoms with Crippen LogP contribution in [-0.4, -0.2) is 24.4 Å². The van der Waals surface area contributed by atoms with Gasteiger partial charge in [0.05, 0.1) is 18.6 Å². The molecule has 0 radical (unpaired) electrons. The van der Waals surface area contributed by atoms with Gasteiger partial charge >= 0.3 is 12.1 Å². The van der Waals surface area contributed by atoms with E-state index in [0.29, 0.717) is 0 Å². The summed E-state index contributed by atoms with van der Waals surface area (Å²) in [6.07, 6.45) is -4.39. The molecule has 0 amide bonds. The Bertz CT molecular complexity index is 293. The second-order valence-electron chi connectivity index (χ2n) is 3.34. The van der Waals surface area contributed by atoms with Crippen LogP contribution < -0.4 is 0 Å². The van der Waals surface area contributed by atoms with E-state index in [1.807, 2.05) is 0 Å². The third-order valence-corrected chi connectivity index (χ3v) is 2.37. The average Bonchev–Trinajstić information content (AvgIpc) is 2.15. The van der Waals surface area contributed by atoms with E-state index < -0.39 is 29.4 Å². The predicted octanol–water partition coefficient (Wildman–Crippen LogP) is 2.33. The zero-order valence-corrected chi connectivity index (χ0v) is 8.10. The van der Waals surface area contributed by atoms with E-state index in [-0.39, 0.29) is 19.3 Å². The Morgan fingerprint density at radius 3 is 2.60 bits per heavy atom. The van der Waals surface area contributed by atoms with Crippen LogP contribution in [0.3, 0.4) is 0 Å². The van der Waals surface area contributed by atoms with Gasteiger partial charge in [-0.05, 0) is 12.8 Å². The Hall–Kier alpha value is -1.20. The number of rotatable bonds is 1. The Morgan fingerprint density at radius 2 is 2.13 bits per heavy atom. The molecule has 0 spiro atoms. The fourth-order valence-electron chi connectivity index (χ4n) is 1.65. The summed E-state index contributed by atoms with van der Waals surface area (Å²) in [6.45, 7) is 0. The van der Waals surface area contributed by atoms with Crippen LogP contribution in [0.2, 0.25) is 0 Å². The van der Waals surface area contributed by atoms with Crippen LogP contribution in [0.4, 0.5) is 13.2 Å². The summed E-state index contributed by atoms with van der Waals surface area (Å²) in [5.41, 5.74) is -0.642. The molecule has 1 aliphatic carbocycles. The molecule has 1 N–H and O–H groups in total. The van der Waals surface area contributed by atoms with E-state index >= 15 is 0 Å². The van der Waals surface area contributed by atoms with Crippen molar-refractivity contribution in [2.75, 3.05) is 7.11 Å². The number of aliphatic hydroxyl groups excluding tert-OH is 1. The molecule has 0 saturated carbocycles. The second kappa shape index (κ2) is 4.12. The summed E-state index contributed by atoms with van der Waals surface area (Å²) in [4.78, 5) is 11.1. The van der Waals surface area contributed by atoms with Crippen molar-refractivity contribution in [3.8, 4) is 0 Å². The number of carbonyl (C=O) groups excluding carboxylic acids is 1. The van der Waals surface area contributed by atoms with Crippen molar-refractivity contribution in [2.24, 2.45) is 5.92 Å². The van der Waals surface area contributed by atoms with Crippen molar-refractivity contribution in [1.82, 2.24) is 0 Å². The summed E-state index contributed by atoms with van der Waals surface area (Å²) in [6, 6.07) is 0. The van der Waals surface area contributed by atoms with E-state index in [2.05, 4.69) is 4.74 Å². The van der Waals surface area contributed by atoms with Crippen LogP contribution in [0, 0.1) is 5.92 Å². The number of carbonyl (C=O) groups is 1. The van der Waals surface area contributed by atoms with Crippen molar-refractivity contribution >= 4 is 5.97 Å². The standard InChI is InChI=1S/C9H11F3O3/c1-15-8(14)7-5(9(10,11)12)3-2-4-6(7)13/h5,13H,2-4H2,1H3. The first kappa shape index (κ1) is 11.9. The molecule has 6 heteroatoms. The second-order valence-corrected chi connectivity index (χ2v) is 3.34. The molecule has 1 atom stereocenters. The van der Waals surface area contributed by atoms with Crippen molar-refractivity contribution in [3.05, 3.63) is 11.3 Å². The quantitative estimate of drug-likeness (QED) is 0.695. The topological polar surface area (TPSA) is 46.5 Å². The lowest BCUT2D eigenvalue weighted by Gasteiger charge is -2.26. The Balaban J connectivity index is 3.07. The summed E-state index contributed by atoms with van der Waals surface area (Å²) >= 11 is 0.